The molecule has 1 unspecified atom stereocenters. The molecule has 8 nitrogen and oxygen atoms in total. The molecule has 1 aromatic carbocycles. The Hall–Kier alpha value is -3.55. The molecule has 0 saturated carbocycles. The lowest BCUT2D eigenvalue weighted by molar-refractivity contribution is -0.135. The summed E-state index contributed by atoms with van der Waals surface area (Å²) in [5, 5.41) is 4.45. The van der Waals surface area contributed by atoms with Gasteiger partial charge in [0.1, 0.15) is 6.04 Å². The van der Waals surface area contributed by atoms with Crippen LogP contribution in [0.3, 0.4) is 0 Å². The second-order valence-corrected chi connectivity index (χ2v) is 6.90. The third kappa shape index (κ3) is 4.01. The molecular formula is C21H22N6O2. The van der Waals surface area contributed by atoms with E-state index in [0.29, 0.717) is 37.8 Å². The second kappa shape index (κ2) is 8.22. The van der Waals surface area contributed by atoms with Gasteiger partial charge in [-0.2, -0.15) is 5.10 Å². The highest BCUT2D eigenvalue weighted by molar-refractivity contribution is 5.80. The van der Waals surface area contributed by atoms with E-state index in [9.17, 15) is 9.59 Å². The smallest absolute Gasteiger partial charge is 0.267 e. The minimum atomic E-state index is -0.675. The van der Waals surface area contributed by atoms with Crippen LogP contribution in [-0.4, -0.2) is 56.7 Å². The Balaban J connectivity index is 1.48. The number of carbonyl (C=O) groups is 1. The molecule has 1 saturated heterocycles. The number of hydrogen-bond acceptors (Lipinski definition) is 6. The lowest BCUT2D eigenvalue weighted by atomic mass is 10.1. The summed E-state index contributed by atoms with van der Waals surface area (Å²) < 4.78 is 1.28. The number of piperazine rings is 1. The van der Waals surface area contributed by atoms with Crippen molar-refractivity contribution < 1.29 is 4.79 Å². The van der Waals surface area contributed by atoms with E-state index >= 15 is 0 Å². The van der Waals surface area contributed by atoms with Crippen molar-refractivity contribution in [2.45, 2.75) is 13.0 Å². The van der Waals surface area contributed by atoms with Crippen molar-refractivity contribution in [2.75, 3.05) is 31.1 Å². The van der Waals surface area contributed by atoms with Gasteiger partial charge in [-0.3, -0.25) is 9.59 Å². The zero-order valence-corrected chi connectivity index (χ0v) is 16.2. The van der Waals surface area contributed by atoms with Crippen molar-refractivity contribution in [1.82, 2.24) is 24.6 Å². The van der Waals surface area contributed by atoms with E-state index in [0.717, 1.165) is 5.56 Å². The van der Waals surface area contributed by atoms with Crippen LogP contribution in [0.25, 0.3) is 11.3 Å². The molecule has 0 bridgehead atoms. The number of amides is 1. The van der Waals surface area contributed by atoms with Crippen LogP contribution in [0.15, 0.2) is 65.7 Å². The predicted molar refractivity (Wildman–Crippen MR) is 109 cm³/mol. The molecule has 0 N–H and O–H groups in total. The number of nitrogens with zero attached hydrogens (tertiary/aromatic N) is 6. The number of carbonyl (C=O) groups excluding carboxylic acids is 1. The average Bonchev–Trinajstić information content (AvgIpc) is 2.80. The zero-order valence-electron chi connectivity index (χ0n) is 16.2. The summed E-state index contributed by atoms with van der Waals surface area (Å²) in [7, 11) is 0. The fourth-order valence-corrected chi connectivity index (χ4v) is 3.42. The summed E-state index contributed by atoms with van der Waals surface area (Å²) in [5.41, 5.74) is 1.27. The first-order chi connectivity index (χ1) is 14.1. The summed E-state index contributed by atoms with van der Waals surface area (Å²) in [6.45, 7) is 4.12. The third-order valence-corrected chi connectivity index (χ3v) is 5.05. The van der Waals surface area contributed by atoms with Crippen LogP contribution < -0.4 is 10.5 Å². The van der Waals surface area contributed by atoms with Crippen LogP contribution >= 0.6 is 0 Å². The molecule has 1 aliphatic heterocycles. The van der Waals surface area contributed by atoms with Gasteiger partial charge in [0, 0.05) is 50.2 Å². The van der Waals surface area contributed by atoms with Crippen molar-refractivity contribution >= 4 is 11.9 Å². The Morgan fingerprint density at radius 2 is 1.62 bits per heavy atom. The van der Waals surface area contributed by atoms with E-state index < -0.39 is 6.04 Å². The standard InChI is InChI=1S/C21H22N6O2/c1-16(27-19(28)9-8-18(24-27)17-6-3-2-4-7-17)20(29)25-12-14-26(15-13-25)21-22-10-5-11-23-21/h2-11,16H,12-15H2,1H3. The predicted octanol–water partition coefficient (Wildman–Crippen LogP) is 1.61. The van der Waals surface area contributed by atoms with Crippen LogP contribution in [0.4, 0.5) is 5.95 Å². The number of rotatable bonds is 4. The largest absolute Gasteiger partial charge is 0.337 e. The topological polar surface area (TPSA) is 84.2 Å². The van der Waals surface area contributed by atoms with Gasteiger partial charge >= 0.3 is 0 Å². The molecule has 2 aromatic heterocycles. The number of benzene rings is 1. The second-order valence-electron chi connectivity index (χ2n) is 6.90. The van der Waals surface area contributed by atoms with Gasteiger partial charge < -0.3 is 9.80 Å². The van der Waals surface area contributed by atoms with Crippen LogP contribution in [0.2, 0.25) is 0 Å². The molecular weight excluding hydrogens is 368 g/mol. The summed E-state index contributed by atoms with van der Waals surface area (Å²) >= 11 is 0. The Bertz CT molecular complexity index is 1030. The van der Waals surface area contributed by atoms with Crippen LogP contribution in [0, 0.1) is 0 Å². The number of aromatic nitrogens is 4. The quantitative estimate of drug-likeness (QED) is 0.673. The van der Waals surface area contributed by atoms with Gasteiger partial charge in [-0.25, -0.2) is 14.6 Å². The fourth-order valence-electron chi connectivity index (χ4n) is 3.42. The van der Waals surface area contributed by atoms with Crippen LogP contribution in [-0.2, 0) is 4.79 Å². The van der Waals surface area contributed by atoms with E-state index in [1.165, 1.54) is 10.7 Å². The first-order valence-electron chi connectivity index (χ1n) is 9.59. The molecule has 29 heavy (non-hydrogen) atoms. The molecule has 148 valence electrons. The van der Waals surface area contributed by atoms with Gasteiger partial charge in [0.2, 0.25) is 11.9 Å². The van der Waals surface area contributed by atoms with Gasteiger partial charge in [-0.05, 0) is 19.1 Å². The maximum Gasteiger partial charge on any atom is 0.267 e. The highest BCUT2D eigenvalue weighted by Gasteiger charge is 2.27. The van der Waals surface area contributed by atoms with Crippen LogP contribution in [0.1, 0.15) is 13.0 Å². The minimum absolute atomic E-state index is 0.113. The van der Waals surface area contributed by atoms with Gasteiger partial charge in [0.15, 0.2) is 0 Å². The summed E-state index contributed by atoms with van der Waals surface area (Å²) in [5.74, 6) is 0.555. The van der Waals surface area contributed by atoms with Crippen molar-refractivity contribution in [3.05, 3.63) is 71.3 Å². The number of anilines is 1. The Kier molecular flexibility index (Phi) is 5.33. The van der Waals surface area contributed by atoms with Gasteiger partial charge in [-0.15, -0.1) is 0 Å². The zero-order chi connectivity index (χ0) is 20.2. The molecule has 0 aliphatic carbocycles. The van der Waals surface area contributed by atoms with Gasteiger partial charge in [0.05, 0.1) is 5.69 Å². The maximum atomic E-state index is 13.0. The fraction of sp³-hybridized carbons (Fsp3) is 0.286. The highest BCUT2D eigenvalue weighted by Crippen LogP contribution is 2.17. The molecule has 0 radical (unpaired) electrons. The van der Waals surface area contributed by atoms with Gasteiger partial charge in [0.25, 0.3) is 5.56 Å². The van der Waals surface area contributed by atoms with Crippen LogP contribution in [0.5, 0.6) is 0 Å². The molecule has 1 amide bonds. The molecule has 3 aromatic rings. The molecule has 1 aliphatic rings. The van der Waals surface area contributed by atoms with E-state index in [1.807, 2.05) is 30.3 Å². The monoisotopic (exact) mass is 390 g/mol. The van der Waals surface area contributed by atoms with Crippen molar-refractivity contribution in [1.29, 1.82) is 0 Å². The Morgan fingerprint density at radius 1 is 0.931 bits per heavy atom. The van der Waals surface area contributed by atoms with Crippen molar-refractivity contribution in [3.63, 3.8) is 0 Å². The van der Waals surface area contributed by atoms with E-state index in [1.54, 1.807) is 36.4 Å². The normalized spacial score (nSPS) is 15.2. The lowest BCUT2D eigenvalue weighted by Gasteiger charge is -2.35. The minimum Gasteiger partial charge on any atom is -0.337 e. The third-order valence-electron chi connectivity index (χ3n) is 5.05. The lowest BCUT2D eigenvalue weighted by Crippen LogP contribution is -2.51. The molecule has 1 atom stereocenters. The van der Waals surface area contributed by atoms with Gasteiger partial charge in [-0.1, -0.05) is 30.3 Å². The summed E-state index contributed by atoms with van der Waals surface area (Å²) in [6.07, 6.45) is 3.42. The SMILES string of the molecule is CC(C(=O)N1CCN(c2ncccn2)CC1)n1nc(-c2ccccc2)ccc1=O. The molecule has 4 rings (SSSR count). The van der Waals surface area contributed by atoms with E-state index in [4.69, 9.17) is 0 Å². The number of hydrogen-bond donors (Lipinski definition) is 0. The van der Waals surface area contributed by atoms with E-state index in [-0.39, 0.29) is 11.5 Å². The molecule has 3 heterocycles. The molecule has 1 fully saturated rings. The van der Waals surface area contributed by atoms with Crippen molar-refractivity contribution in [2.24, 2.45) is 0 Å². The Labute approximate surface area is 168 Å². The average molecular weight is 390 g/mol. The summed E-state index contributed by atoms with van der Waals surface area (Å²) in [4.78, 5) is 37.7. The van der Waals surface area contributed by atoms with Crippen molar-refractivity contribution in [3.8, 4) is 11.3 Å². The first-order valence-corrected chi connectivity index (χ1v) is 9.59. The molecule has 0 spiro atoms. The first kappa shape index (κ1) is 18.8. The Morgan fingerprint density at radius 3 is 2.31 bits per heavy atom. The highest BCUT2D eigenvalue weighted by atomic mass is 16.2. The van der Waals surface area contributed by atoms with E-state index in [2.05, 4.69) is 20.0 Å². The molecule has 8 heteroatoms. The maximum absolute atomic E-state index is 13.0. The summed E-state index contributed by atoms with van der Waals surface area (Å²) in [6, 6.07) is 13.8.